The number of rotatable bonds is 5. The van der Waals surface area contributed by atoms with Gasteiger partial charge in [0.2, 0.25) is 0 Å². The first-order chi connectivity index (χ1) is 9.18. The second kappa shape index (κ2) is 6.71. The molecule has 3 heteroatoms. The molecule has 2 atom stereocenters. The third-order valence-corrected chi connectivity index (χ3v) is 3.53. The molecule has 19 heavy (non-hydrogen) atoms. The summed E-state index contributed by atoms with van der Waals surface area (Å²) in [5.74, 6) is 0. The van der Waals surface area contributed by atoms with Gasteiger partial charge in [0, 0.05) is 23.2 Å². The molecule has 0 saturated carbocycles. The summed E-state index contributed by atoms with van der Waals surface area (Å²) < 4.78 is 0. The van der Waals surface area contributed by atoms with Crippen LogP contribution in [-0.4, -0.2) is 11.7 Å². The van der Waals surface area contributed by atoms with Crippen LogP contribution in [0.1, 0.15) is 30.2 Å². The van der Waals surface area contributed by atoms with Crippen LogP contribution in [0.4, 0.5) is 0 Å². The zero-order valence-corrected chi connectivity index (χ0v) is 11.6. The van der Waals surface area contributed by atoms with Crippen LogP contribution in [0.25, 0.3) is 0 Å². The van der Waals surface area contributed by atoms with Crippen molar-refractivity contribution < 1.29 is 5.11 Å². The van der Waals surface area contributed by atoms with Crippen molar-refractivity contribution in [1.82, 2.24) is 5.32 Å². The van der Waals surface area contributed by atoms with Crippen LogP contribution in [0.5, 0.6) is 0 Å². The fraction of sp³-hybridized carbons (Fsp3) is 0.250. The quantitative estimate of drug-likeness (QED) is 0.872. The van der Waals surface area contributed by atoms with Gasteiger partial charge in [0.05, 0.1) is 6.10 Å². The molecule has 0 aromatic heterocycles. The van der Waals surface area contributed by atoms with E-state index >= 15 is 0 Å². The summed E-state index contributed by atoms with van der Waals surface area (Å²) in [5, 5.41) is 14.1. The number of aliphatic hydroxyl groups excluding tert-OH is 1. The van der Waals surface area contributed by atoms with E-state index in [1.807, 2.05) is 36.4 Å². The molecule has 2 nitrogen and oxygen atoms in total. The normalized spacial score (nSPS) is 14.1. The van der Waals surface area contributed by atoms with Crippen LogP contribution in [0.2, 0.25) is 5.02 Å². The highest BCUT2D eigenvalue weighted by atomic mass is 35.5. The van der Waals surface area contributed by atoms with E-state index in [1.165, 1.54) is 5.56 Å². The number of halogens is 1. The van der Waals surface area contributed by atoms with Crippen molar-refractivity contribution in [3.8, 4) is 0 Å². The first-order valence-electron chi connectivity index (χ1n) is 6.39. The first-order valence-corrected chi connectivity index (χ1v) is 6.77. The van der Waals surface area contributed by atoms with E-state index in [1.54, 1.807) is 6.07 Å². The summed E-state index contributed by atoms with van der Waals surface area (Å²) in [6.45, 7) is 2.55. The molecule has 0 bridgehead atoms. The van der Waals surface area contributed by atoms with Crippen molar-refractivity contribution in [2.45, 2.75) is 19.1 Å². The smallest absolute Gasteiger partial charge is 0.0928 e. The Bertz CT molecular complexity index is 515. The van der Waals surface area contributed by atoms with Gasteiger partial charge in [0.25, 0.3) is 0 Å². The third-order valence-electron chi connectivity index (χ3n) is 3.18. The van der Waals surface area contributed by atoms with Crippen molar-refractivity contribution in [3.63, 3.8) is 0 Å². The van der Waals surface area contributed by atoms with Gasteiger partial charge in [-0.05, 0) is 18.6 Å². The molecule has 0 heterocycles. The van der Waals surface area contributed by atoms with Gasteiger partial charge in [-0.15, -0.1) is 0 Å². The highest BCUT2D eigenvalue weighted by molar-refractivity contribution is 6.31. The molecule has 1 unspecified atom stereocenters. The lowest BCUT2D eigenvalue weighted by Crippen LogP contribution is -2.24. The molecule has 0 radical (unpaired) electrons. The zero-order valence-electron chi connectivity index (χ0n) is 10.9. The summed E-state index contributed by atoms with van der Waals surface area (Å²) in [6, 6.07) is 17.7. The molecule has 2 N–H and O–H groups in total. The van der Waals surface area contributed by atoms with Gasteiger partial charge < -0.3 is 10.4 Å². The molecule has 2 aromatic rings. The minimum absolute atomic E-state index is 0.193. The largest absolute Gasteiger partial charge is 0.387 e. The van der Waals surface area contributed by atoms with Crippen molar-refractivity contribution in [2.24, 2.45) is 0 Å². The Morgan fingerprint density at radius 1 is 1.05 bits per heavy atom. The maximum atomic E-state index is 10.2. The molecule has 0 amide bonds. The van der Waals surface area contributed by atoms with Gasteiger partial charge in [-0.1, -0.05) is 60.1 Å². The predicted molar refractivity (Wildman–Crippen MR) is 79.3 cm³/mol. The van der Waals surface area contributed by atoms with Crippen molar-refractivity contribution in [3.05, 3.63) is 70.7 Å². The highest BCUT2D eigenvalue weighted by Crippen LogP contribution is 2.22. The molecule has 2 rings (SSSR count). The SMILES string of the molecule is C[C@H](NCC(O)c1ccccc1Cl)c1ccccc1. The second-order valence-corrected chi connectivity index (χ2v) is 4.99. The maximum absolute atomic E-state index is 10.2. The Hall–Kier alpha value is -1.35. The Labute approximate surface area is 119 Å². The molecule has 2 aromatic carbocycles. The Kier molecular flexibility index (Phi) is 4.97. The van der Waals surface area contributed by atoms with Gasteiger partial charge >= 0.3 is 0 Å². The van der Waals surface area contributed by atoms with Gasteiger partial charge in [-0.25, -0.2) is 0 Å². The number of aliphatic hydroxyl groups is 1. The number of hydrogen-bond acceptors (Lipinski definition) is 2. The summed E-state index contributed by atoms with van der Waals surface area (Å²) in [4.78, 5) is 0. The molecule has 0 fully saturated rings. The number of hydrogen-bond donors (Lipinski definition) is 2. The monoisotopic (exact) mass is 275 g/mol. The minimum Gasteiger partial charge on any atom is -0.387 e. The minimum atomic E-state index is -0.597. The van der Waals surface area contributed by atoms with Crippen LogP contribution in [0.3, 0.4) is 0 Å². The van der Waals surface area contributed by atoms with Crippen LogP contribution in [0, 0.1) is 0 Å². The summed E-state index contributed by atoms with van der Waals surface area (Å²) >= 11 is 6.06. The number of benzene rings is 2. The van der Waals surface area contributed by atoms with E-state index in [-0.39, 0.29) is 6.04 Å². The topological polar surface area (TPSA) is 32.3 Å². The average Bonchev–Trinajstić information content (AvgIpc) is 2.46. The zero-order chi connectivity index (χ0) is 13.7. The van der Waals surface area contributed by atoms with Crippen molar-refractivity contribution >= 4 is 11.6 Å². The molecule has 100 valence electrons. The molecule has 0 aliphatic carbocycles. The van der Waals surface area contributed by atoms with Crippen LogP contribution in [0.15, 0.2) is 54.6 Å². The van der Waals surface area contributed by atoms with Gasteiger partial charge in [0.15, 0.2) is 0 Å². The van der Waals surface area contributed by atoms with Crippen LogP contribution >= 0.6 is 11.6 Å². The van der Waals surface area contributed by atoms with E-state index in [9.17, 15) is 5.11 Å². The van der Waals surface area contributed by atoms with Gasteiger partial charge in [-0.3, -0.25) is 0 Å². The summed E-state index contributed by atoms with van der Waals surface area (Å²) in [6.07, 6.45) is -0.597. The fourth-order valence-electron chi connectivity index (χ4n) is 2.00. The summed E-state index contributed by atoms with van der Waals surface area (Å²) in [5.41, 5.74) is 1.96. The van der Waals surface area contributed by atoms with E-state index in [0.717, 1.165) is 5.56 Å². The Morgan fingerprint density at radius 3 is 2.37 bits per heavy atom. The van der Waals surface area contributed by atoms with Crippen molar-refractivity contribution in [1.29, 1.82) is 0 Å². The van der Waals surface area contributed by atoms with E-state index in [0.29, 0.717) is 11.6 Å². The van der Waals surface area contributed by atoms with E-state index < -0.39 is 6.10 Å². The lowest BCUT2D eigenvalue weighted by atomic mass is 10.1. The Balaban J connectivity index is 1.94. The molecule has 0 spiro atoms. The predicted octanol–water partition coefficient (Wildman–Crippen LogP) is 3.72. The summed E-state index contributed by atoms with van der Waals surface area (Å²) in [7, 11) is 0. The first kappa shape index (κ1) is 14.1. The van der Waals surface area contributed by atoms with Crippen molar-refractivity contribution in [2.75, 3.05) is 6.54 Å². The Morgan fingerprint density at radius 2 is 1.68 bits per heavy atom. The van der Waals surface area contributed by atoms with Gasteiger partial charge in [0.1, 0.15) is 0 Å². The molecule has 0 aliphatic heterocycles. The molecule has 0 aliphatic rings. The molecular weight excluding hydrogens is 258 g/mol. The van der Waals surface area contributed by atoms with Gasteiger partial charge in [-0.2, -0.15) is 0 Å². The molecule has 0 saturated heterocycles. The number of nitrogens with one attached hydrogen (secondary N) is 1. The standard InChI is InChI=1S/C16H18ClNO/c1-12(13-7-3-2-4-8-13)18-11-16(19)14-9-5-6-10-15(14)17/h2-10,12,16,18-19H,11H2,1H3/t12-,16?/m0/s1. The van der Waals surface area contributed by atoms with E-state index in [2.05, 4.69) is 24.4 Å². The van der Waals surface area contributed by atoms with Crippen LogP contribution < -0.4 is 5.32 Å². The highest BCUT2D eigenvalue weighted by Gasteiger charge is 2.12. The third kappa shape index (κ3) is 3.80. The average molecular weight is 276 g/mol. The van der Waals surface area contributed by atoms with Crippen LogP contribution in [-0.2, 0) is 0 Å². The lowest BCUT2D eigenvalue weighted by Gasteiger charge is -2.18. The fourth-order valence-corrected chi connectivity index (χ4v) is 2.26. The molecular formula is C16H18ClNO. The second-order valence-electron chi connectivity index (χ2n) is 4.58. The maximum Gasteiger partial charge on any atom is 0.0928 e. The lowest BCUT2D eigenvalue weighted by molar-refractivity contribution is 0.171. The van der Waals surface area contributed by atoms with E-state index in [4.69, 9.17) is 11.6 Å².